The maximum atomic E-state index is 13.7. The van der Waals surface area contributed by atoms with Crippen molar-refractivity contribution in [2.24, 2.45) is 0 Å². The molecule has 1 saturated heterocycles. The normalized spacial score (nSPS) is 20.2. The minimum Gasteiger partial charge on any atom is -0.457 e. The van der Waals surface area contributed by atoms with E-state index in [-0.39, 0.29) is 46.3 Å². The van der Waals surface area contributed by atoms with Gasteiger partial charge in [0.2, 0.25) is 10.0 Å². The molecule has 0 bridgehead atoms. The van der Waals surface area contributed by atoms with Gasteiger partial charge >= 0.3 is 5.97 Å². The zero-order chi connectivity index (χ0) is 22.1. The van der Waals surface area contributed by atoms with Gasteiger partial charge in [-0.25, -0.2) is 22.0 Å². The first-order valence-corrected chi connectivity index (χ1v) is 11.0. The van der Waals surface area contributed by atoms with Crippen molar-refractivity contribution < 1.29 is 31.5 Å². The Balaban J connectivity index is 1.82. The smallest absolute Gasteiger partial charge is 0.338 e. The summed E-state index contributed by atoms with van der Waals surface area (Å²) in [5.41, 5.74) is -0.217. The number of nitrogens with zero attached hydrogens (tertiary/aromatic N) is 1. The summed E-state index contributed by atoms with van der Waals surface area (Å²) in [5, 5.41) is -0.0467. The van der Waals surface area contributed by atoms with Crippen molar-refractivity contribution in [1.29, 1.82) is 0 Å². The van der Waals surface area contributed by atoms with Gasteiger partial charge in [-0.1, -0.05) is 23.7 Å². The van der Waals surface area contributed by atoms with E-state index >= 15 is 0 Å². The average Bonchev–Trinajstić information content (AvgIpc) is 2.68. The van der Waals surface area contributed by atoms with E-state index in [9.17, 15) is 22.0 Å². The highest BCUT2D eigenvalue weighted by Gasteiger charge is 2.34. The monoisotopic (exact) mass is 459 g/mol. The molecule has 6 nitrogen and oxygen atoms in total. The van der Waals surface area contributed by atoms with Gasteiger partial charge in [0.25, 0.3) is 0 Å². The number of carbonyl (C=O) groups is 1. The lowest BCUT2D eigenvalue weighted by Crippen LogP contribution is -2.48. The van der Waals surface area contributed by atoms with Gasteiger partial charge in [0.05, 0.1) is 22.8 Å². The zero-order valence-electron chi connectivity index (χ0n) is 16.3. The number of halogens is 3. The molecule has 2 aromatic carbocycles. The number of benzene rings is 2. The summed E-state index contributed by atoms with van der Waals surface area (Å²) in [6.45, 7) is 3.32. The second-order valence-electron chi connectivity index (χ2n) is 7.01. The van der Waals surface area contributed by atoms with Crippen molar-refractivity contribution in [3.05, 3.63) is 64.2 Å². The largest absolute Gasteiger partial charge is 0.457 e. The molecule has 1 aliphatic heterocycles. The minimum atomic E-state index is -3.99. The summed E-state index contributed by atoms with van der Waals surface area (Å²) in [7, 11) is -3.99. The van der Waals surface area contributed by atoms with Crippen molar-refractivity contribution >= 4 is 27.6 Å². The number of hydrogen-bond acceptors (Lipinski definition) is 5. The maximum Gasteiger partial charge on any atom is 0.338 e. The SMILES string of the molecule is CC1CN(S(=O)(=O)c2cc(C(=O)OCc3cccc(F)c3F)ccc2Cl)CC(C)O1. The van der Waals surface area contributed by atoms with Crippen LogP contribution in [0.1, 0.15) is 29.8 Å². The molecule has 0 saturated carbocycles. The first kappa shape index (κ1) is 22.6. The molecule has 0 amide bonds. The summed E-state index contributed by atoms with van der Waals surface area (Å²) in [5.74, 6) is -3.06. The third-order valence-corrected chi connectivity index (χ3v) is 6.87. The summed E-state index contributed by atoms with van der Waals surface area (Å²) >= 11 is 6.11. The van der Waals surface area contributed by atoms with E-state index in [1.54, 1.807) is 13.8 Å². The van der Waals surface area contributed by atoms with E-state index in [4.69, 9.17) is 21.1 Å². The van der Waals surface area contributed by atoms with Gasteiger partial charge in [-0.3, -0.25) is 0 Å². The Bertz CT molecular complexity index is 1050. The van der Waals surface area contributed by atoms with Crippen LogP contribution in [0.5, 0.6) is 0 Å². The highest BCUT2D eigenvalue weighted by Crippen LogP contribution is 2.28. The van der Waals surface area contributed by atoms with Crippen LogP contribution in [0.3, 0.4) is 0 Å². The lowest BCUT2D eigenvalue weighted by atomic mass is 10.2. The standard InChI is InChI=1S/C20H20ClF2NO5S/c1-12-9-24(10-13(2)29-12)30(26,27)18-8-14(6-7-16(18)21)20(25)28-11-15-4-3-5-17(22)19(15)23/h3-8,12-13H,9-11H2,1-2H3. The van der Waals surface area contributed by atoms with E-state index in [1.165, 1.54) is 28.6 Å². The molecule has 2 aromatic rings. The van der Waals surface area contributed by atoms with E-state index in [1.807, 2.05) is 0 Å². The first-order valence-electron chi connectivity index (χ1n) is 9.14. The number of rotatable bonds is 5. The Labute approximate surface area is 178 Å². The number of ether oxygens (including phenoxy) is 2. The van der Waals surface area contributed by atoms with E-state index in [0.29, 0.717) is 0 Å². The predicted molar refractivity (Wildman–Crippen MR) is 106 cm³/mol. The lowest BCUT2D eigenvalue weighted by Gasteiger charge is -2.34. The van der Waals surface area contributed by atoms with Crippen LogP contribution in [0, 0.1) is 11.6 Å². The van der Waals surface area contributed by atoms with Crippen molar-refractivity contribution in [3.63, 3.8) is 0 Å². The van der Waals surface area contributed by atoms with Crippen molar-refractivity contribution in [3.8, 4) is 0 Å². The Morgan fingerprint density at radius 2 is 1.87 bits per heavy atom. The fourth-order valence-electron chi connectivity index (χ4n) is 3.18. The molecule has 1 aliphatic rings. The highest BCUT2D eigenvalue weighted by atomic mass is 35.5. The molecule has 162 valence electrons. The van der Waals surface area contributed by atoms with Gasteiger partial charge in [0, 0.05) is 18.7 Å². The molecule has 2 atom stereocenters. The van der Waals surface area contributed by atoms with Gasteiger partial charge < -0.3 is 9.47 Å². The maximum absolute atomic E-state index is 13.7. The Morgan fingerprint density at radius 1 is 1.20 bits per heavy atom. The van der Waals surface area contributed by atoms with E-state index in [0.717, 1.165) is 12.1 Å². The second kappa shape index (κ2) is 8.97. The van der Waals surface area contributed by atoms with Crippen LogP contribution < -0.4 is 0 Å². The second-order valence-corrected chi connectivity index (χ2v) is 9.33. The van der Waals surface area contributed by atoms with Crippen LogP contribution in [0.4, 0.5) is 8.78 Å². The van der Waals surface area contributed by atoms with Crippen LogP contribution in [0.25, 0.3) is 0 Å². The average molecular weight is 460 g/mol. The minimum absolute atomic E-state index is 0.0467. The Morgan fingerprint density at radius 3 is 2.53 bits per heavy atom. The number of esters is 1. The fraction of sp³-hybridized carbons (Fsp3) is 0.350. The number of hydrogen-bond donors (Lipinski definition) is 0. The van der Waals surface area contributed by atoms with E-state index < -0.39 is 34.2 Å². The molecule has 2 unspecified atom stereocenters. The topological polar surface area (TPSA) is 72.9 Å². The quantitative estimate of drug-likeness (QED) is 0.636. The molecule has 0 aromatic heterocycles. The number of carbonyl (C=O) groups excluding carboxylic acids is 1. The molecule has 0 radical (unpaired) electrons. The highest BCUT2D eigenvalue weighted by molar-refractivity contribution is 7.89. The molecule has 10 heteroatoms. The first-order chi connectivity index (χ1) is 14.1. The number of sulfonamides is 1. The summed E-state index contributed by atoms with van der Waals surface area (Å²) in [4.78, 5) is 12.1. The Hall–Kier alpha value is -2.07. The molecule has 3 rings (SSSR count). The van der Waals surface area contributed by atoms with Gasteiger partial charge in [-0.2, -0.15) is 4.31 Å². The van der Waals surface area contributed by atoms with Gasteiger partial charge in [-0.05, 0) is 38.1 Å². The van der Waals surface area contributed by atoms with Crippen LogP contribution >= 0.6 is 11.6 Å². The Kier molecular flexibility index (Phi) is 6.76. The fourth-order valence-corrected chi connectivity index (χ4v) is 5.27. The molecule has 1 heterocycles. The van der Waals surface area contributed by atoms with Crippen LogP contribution in [0.2, 0.25) is 5.02 Å². The molecule has 1 fully saturated rings. The van der Waals surface area contributed by atoms with E-state index in [2.05, 4.69) is 0 Å². The number of morpholine rings is 1. The molecular weight excluding hydrogens is 440 g/mol. The molecular formula is C20H20ClF2NO5S. The van der Waals surface area contributed by atoms with Crippen molar-refractivity contribution in [1.82, 2.24) is 4.31 Å². The third-order valence-electron chi connectivity index (χ3n) is 4.56. The zero-order valence-corrected chi connectivity index (χ0v) is 17.8. The van der Waals surface area contributed by atoms with Crippen LogP contribution in [-0.4, -0.2) is 44.0 Å². The van der Waals surface area contributed by atoms with Crippen LogP contribution in [0.15, 0.2) is 41.3 Å². The third kappa shape index (κ3) is 4.80. The van der Waals surface area contributed by atoms with Crippen molar-refractivity contribution in [2.75, 3.05) is 13.1 Å². The molecule has 0 spiro atoms. The molecule has 30 heavy (non-hydrogen) atoms. The van der Waals surface area contributed by atoms with Gasteiger partial charge in [0.15, 0.2) is 11.6 Å². The summed E-state index contributed by atoms with van der Waals surface area (Å²) in [6, 6.07) is 7.22. The molecule has 0 N–H and O–H groups in total. The lowest BCUT2D eigenvalue weighted by molar-refractivity contribution is -0.0440. The van der Waals surface area contributed by atoms with Gasteiger partial charge in [-0.15, -0.1) is 0 Å². The summed E-state index contributed by atoms with van der Waals surface area (Å²) < 4.78 is 65.0. The predicted octanol–water partition coefficient (Wildman–Crippen LogP) is 3.77. The van der Waals surface area contributed by atoms with Gasteiger partial charge in [0.1, 0.15) is 11.5 Å². The molecule has 0 aliphatic carbocycles. The van der Waals surface area contributed by atoms with Crippen LogP contribution in [-0.2, 0) is 26.1 Å². The van der Waals surface area contributed by atoms with Crippen molar-refractivity contribution in [2.45, 2.75) is 37.6 Å². The summed E-state index contributed by atoms with van der Waals surface area (Å²) in [6.07, 6.45) is -0.590.